The van der Waals surface area contributed by atoms with Crippen LogP contribution in [0.2, 0.25) is 0 Å². The second-order valence-corrected chi connectivity index (χ2v) is 4.41. The Kier molecular flexibility index (Phi) is 3.94. The molecule has 1 aromatic heterocycles. The van der Waals surface area contributed by atoms with Crippen LogP contribution in [0.3, 0.4) is 0 Å². The van der Waals surface area contributed by atoms with Crippen LogP contribution in [0.25, 0.3) is 11.3 Å². The number of nitrogens with zero attached hydrogens (tertiary/aromatic N) is 3. The maximum atomic E-state index is 11.9. The van der Waals surface area contributed by atoms with Gasteiger partial charge in [0.05, 0.1) is 6.61 Å². The van der Waals surface area contributed by atoms with E-state index < -0.39 is 5.97 Å². The monoisotopic (exact) mass is 259 g/mol. The first-order valence-electron chi connectivity index (χ1n) is 6.32. The number of carbonyl (C=O) groups is 1. The molecule has 0 bridgehead atoms. The summed E-state index contributed by atoms with van der Waals surface area (Å²) in [5, 5.41) is 8.03. The molecule has 0 unspecified atom stereocenters. The lowest BCUT2D eigenvalue weighted by atomic mass is 10.1. The van der Waals surface area contributed by atoms with Gasteiger partial charge in [0, 0.05) is 11.6 Å². The fourth-order valence-corrected chi connectivity index (χ4v) is 1.86. The lowest BCUT2D eigenvalue weighted by Crippen LogP contribution is -2.09. The van der Waals surface area contributed by atoms with Gasteiger partial charge in [0.1, 0.15) is 5.69 Å². The third-order valence-electron chi connectivity index (χ3n) is 2.70. The van der Waals surface area contributed by atoms with E-state index in [1.165, 1.54) is 0 Å². The number of esters is 1. The van der Waals surface area contributed by atoms with Gasteiger partial charge in [-0.3, -0.25) is 0 Å². The lowest BCUT2D eigenvalue weighted by Gasteiger charge is -2.10. The van der Waals surface area contributed by atoms with E-state index in [1.54, 1.807) is 11.6 Å². The van der Waals surface area contributed by atoms with Gasteiger partial charge >= 0.3 is 5.97 Å². The molecular weight excluding hydrogens is 242 g/mol. The summed E-state index contributed by atoms with van der Waals surface area (Å²) < 4.78 is 6.77. The standard InChI is InChI=1S/C14H17N3O2/c1-4-19-14(18)12-13(11-8-6-5-7-9-11)17(10(2)3)16-15-12/h5-10H,4H2,1-3H3. The zero-order valence-corrected chi connectivity index (χ0v) is 11.3. The van der Waals surface area contributed by atoms with Crippen molar-refractivity contribution in [3.63, 3.8) is 0 Å². The summed E-state index contributed by atoms with van der Waals surface area (Å²) in [5.74, 6) is -0.437. The van der Waals surface area contributed by atoms with Gasteiger partial charge in [-0.05, 0) is 20.8 Å². The number of aromatic nitrogens is 3. The van der Waals surface area contributed by atoms with Crippen LogP contribution in [0, 0.1) is 0 Å². The van der Waals surface area contributed by atoms with Crippen molar-refractivity contribution in [3.05, 3.63) is 36.0 Å². The highest BCUT2D eigenvalue weighted by Gasteiger charge is 2.23. The number of carbonyl (C=O) groups excluding carboxylic acids is 1. The molecule has 5 nitrogen and oxygen atoms in total. The van der Waals surface area contributed by atoms with Gasteiger partial charge in [-0.25, -0.2) is 9.48 Å². The van der Waals surface area contributed by atoms with Crippen LogP contribution in [0.5, 0.6) is 0 Å². The molecule has 2 aromatic rings. The molecule has 2 rings (SSSR count). The third kappa shape index (κ3) is 2.65. The number of benzene rings is 1. The Bertz CT molecular complexity index is 561. The molecule has 0 aliphatic heterocycles. The Balaban J connectivity index is 2.55. The Hall–Kier alpha value is -2.17. The summed E-state index contributed by atoms with van der Waals surface area (Å²) in [6, 6.07) is 9.74. The van der Waals surface area contributed by atoms with E-state index in [1.807, 2.05) is 44.2 Å². The summed E-state index contributed by atoms with van der Waals surface area (Å²) in [6.45, 7) is 6.08. The molecule has 100 valence electrons. The van der Waals surface area contributed by atoms with Gasteiger partial charge in [-0.1, -0.05) is 35.5 Å². The third-order valence-corrected chi connectivity index (χ3v) is 2.70. The van der Waals surface area contributed by atoms with E-state index in [9.17, 15) is 4.79 Å². The normalized spacial score (nSPS) is 10.7. The minimum Gasteiger partial charge on any atom is -0.461 e. The molecule has 0 fully saturated rings. The van der Waals surface area contributed by atoms with Gasteiger partial charge < -0.3 is 4.74 Å². The number of hydrogen-bond donors (Lipinski definition) is 0. The summed E-state index contributed by atoms with van der Waals surface area (Å²) in [6.07, 6.45) is 0. The van der Waals surface area contributed by atoms with Gasteiger partial charge in [-0.2, -0.15) is 0 Å². The number of ether oxygens (including phenoxy) is 1. The molecule has 0 N–H and O–H groups in total. The van der Waals surface area contributed by atoms with Crippen molar-refractivity contribution in [1.82, 2.24) is 15.0 Å². The van der Waals surface area contributed by atoms with Gasteiger partial charge in [0.25, 0.3) is 0 Å². The van der Waals surface area contributed by atoms with E-state index >= 15 is 0 Å². The summed E-state index contributed by atoms with van der Waals surface area (Å²) in [5.41, 5.74) is 1.88. The Morgan fingerprint density at radius 2 is 2.00 bits per heavy atom. The molecule has 0 saturated heterocycles. The van der Waals surface area contributed by atoms with Crippen LogP contribution in [0.15, 0.2) is 30.3 Å². The van der Waals surface area contributed by atoms with Crippen LogP contribution in [-0.2, 0) is 4.74 Å². The van der Waals surface area contributed by atoms with Crippen LogP contribution in [-0.4, -0.2) is 27.6 Å². The van der Waals surface area contributed by atoms with Crippen molar-refractivity contribution in [2.75, 3.05) is 6.61 Å². The van der Waals surface area contributed by atoms with Gasteiger partial charge in [0.2, 0.25) is 0 Å². The second kappa shape index (κ2) is 5.65. The fraction of sp³-hybridized carbons (Fsp3) is 0.357. The van der Waals surface area contributed by atoms with E-state index in [4.69, 9.17) is 4.74 Å². The molecule has 1 aromatic carbocycles. The SMILES string of the molecule is CCOC(=O)c1nnn(C(C)C)c1-c1ccccc1. The highest BCUT2D eigenvalue weighted by molar-refractivity contribution is 5.94. The van der Waals surface area contributed by atoms with Crippen molar-refractivity contribution in [2.24, 2.45) is 0 Å². The quantitative estimate of drug-likeness (QED) is 0.792. The average Bonchev–Trinajstić information content (AvgIpc) is 2.85. The van der Waals surface area contributed by atoms with Crippen LogP contribution in [0.1, 0.15) is 37.3 Å². The van der Waals surface area contributed by atoms with Crippen molar-refractivity contribution in [1.29, 1.82) is 0 Å². The zero-order valence-electron chi connectivity index (χ0n) is 11.3. The smallest absolute Gasteiger partial charge is 0.361 e. The fourth-order valence-electron chi connectivity index (χ4n) is 1.86. The van der Waals surface area contributed by atoms with Crippen molar-refractivity contribution >= 4 is 5.97 Å². The molecule has 0 aliphatic rings. The molecule has 0 spiro atoms. The summed E-state index contributed by atoms with van der Waals surface area (Å²) >= 11 is 0. The van der Waals surface area contributed by atoms with Crippen LogP contribution >= 0.6 is 0 Å². The second-order valence-electron chi connectivity index (χ2n) is 4.41. The summed E-state index contributed by atoms with van der Waals surface area (Å²) in [7, 11) is 0. The first-order chi connectivity index (χ1) is 9.15. The van der Waals surface area contributed by atoms with Crippen LogP contribution in [0.4, 0.5) is 0 Å². The first-order valence-corrected chi connectivity index (χ1v) is 6.32. The Labute approximate surface area is 112 Å². The maximum absolute atomic E-state index is 11.9. The summed E-state index contributed by atoms with van der Waals surface area (Å²) in [4.78, 5) is 11.9. The van der Waals surface area contributed by atoms with Crippen molar-refractivity contribution in [2.45, 2.75) is 26.8 Å². The molecule has 5 heteroatoms. The zero-order chi connectivity index (χ0) is 13.8. The molecule has 1 heterocycles. The highest BCUT2D eigenvalue weighted by atomic mass is 16.5. The topological polar surface area (TPSA) is 57.0 Å². The van der Waals surface area contributed by atoms with Crippen LogP contribution < -0.4 is 0 Å². The predicted molar refractivity (Wildman–Crippen MR) is 71.8 cm³/mol. The maximum Gasteiger partial charge on any atom is 0.361 e. The first kappa shape index (κ1) is 13.3. The van der Waals surface area contributed by atoms with Crippen molar-refractivity contribution in [3.8, 4) is 11.3 Å². The highest BCUT2D eigenvalue weighted by Crippen LogP contribution is 2.25. The minimum absolute atomic E-state index is 0.117. The average molecular weight is 259 g/mol. The molecule has 19 heavy (non-hydrogen) atoms. The molecule has 0 aliphatic carbocycles. The molecule has 0 amide bonds. The van der Waals surface area contributed by atoms with E-state index in [-0.39, 0.29) is 11.7 Å². The largest absolute Gasteiger partial charge is 0.461 e. The Morgan fingerprint density at radius 1 is 1.32 bits per heavy atom. The Morgan fingerprint density at radius 3 is 2.58 bits per heavy atom. The van der Waals surface area contributed by atoms with Gasteiger partial charge in [-0.15, -0.1) is 5.10 Å². The van der Waals surface area contributed by atoms with E-state index in [0.717, 1.165) is 5.56 Å². The predicted octanol–water partition coefficient (Wildman–Crippen LogP) is 2.70. The molecule has 0 saturated carbocycles. The lowest BCUT2D eigenvalue weighted by molar-refractivity contribution is 0.0520. The minimum atomic E-state index is -0.437. The molecule has 0 atom stereocenters. The molecular formula is C14H17N3O2. The van der Waals surface area contributed by atoms with Gasteiger partial charge in [0.15, 0.2) is 5.69 Å². The number of hydrogen-bond acceptors (Lipinski definition) is 4. The van der Waals surface area contributed by atoms with E-state index in [0.29, 0.717) is 12.3 Å². The van der Waals surface area contributed by atoms with E-state index in [2.05, 4.69) is 10.3 Å². The number of rotatable bonds is 4. The molecule has 0 radical (unpaired) electrons. The van der Waals surface area contributed by atoms with Crippen molar-refractivity contribution < 1.29 is 9.53 Å².